The third kappa shape index (κ3) is 2.86. The molecule has 122 valence electrons. The monoisotopic (exact) mass is 333 g/mol. The van der Waals surface area contributed by atoms with E-state index in [9.17, 15) is 4.79 Å². The number of rotatable bonds is 4. The van der Waals surface area contributed by atoms with Crippen molar-refractivity contribution in [1.82, 2.24) is 15.6 Å². The molecule has 2 bridgehead atoms. The van der Waals surface area contributed by atoms with Gasteiger partial charge in [-0.25, -0.2) is 0 Å². The minimum absolute atomic E-state index is 0.0385. The molecular formula is C16H19N3O3S. The first-order valence-electron chi connectivity index (χ1n) is 7.92. The summed E-state index contributed by atoms with van der Waals surface area (Å²) < 4.78 is 10.5. The van der Waals surface area contributed by atoms with Crippen LogP contribution in [-0.4, -0.2) is 29.5 Å². The second-order valence-corrected chi connectivity index (χ2v) is 7.28. The van der Waals surface area contributed by atoms with E-state index in [1.54, 1.807) is 12.1 Å². The van der Waals surface area contributed by atoms with E-state index in [-0.39, 0.29) is 18.0 Å². The number of ether oxygens (including phenoxy) is 1. The van der Waals surface area contributed by atoms with E-state index >= 15 is 0 Å². The molecule has 2 aromatic rings. The fraction of sp³-hybridized carbons (Fsp3) is 0.500. The zero-order chi connectivity index (χ0) is 15.8. The van der Waals surface area contributed by atoms with Crippen LogP contribution in [0.25, 0.3) is 0 Å². The van der Waals surface area contributed by atoms with Crippen LogP contribution in [0.4, 0.5) is 0 Å². The number of aromatic nitrogens is 1. The summed E-state index contributed by atoms with van der Waals surface area (Å²) >= 11 is 1.29. The number of hydrogen-bond acceptors (Lipinski definition) is 6. The van der Waals surface area contributed by atoms with Crippen molar-refractivity contribution < 1.29 is 13.9 Å². The Morgan fingerprint density at radius 3 is 3.09 bits per heavy atom. The predicted octanol–water partition coefficient (Wildman–Crippen LogP) is 2.64. The molecule has 1 aliphatic carbocycles. The van der Waals surface area contributed by atoms with Crippen molar-refractivity contribution in [3.63, 3.8) is 0 Å². The minimum atomic E-state index is -0.0385. The van der Waals surface area contributed by atoms with Crippen molar-refractivity contribution in [3.05, 3.63) is 29.5 Å². The third-order valence-corrected chi connectivity index (χ3v) is 5.90. The van der Waals surface area contributed by atoms with E-state index in [4.69, 9.17) is 9.15 Å². The molecule has 23 heavy (non-hydrogen) atoms. The molecule has 3 fully saturated rings. The molecule has 6 nitrogen and oxygen atoms in total. The average molecular weight is 333 g/mol. The fourth-order valence-electron chi connectivity index (χ4n) is 3.61. The van der Waals surface area contributed by atoms with Crippen molar-refractivity contribution >= 4 is 17.2 Å². The smallest absolute Gasteiger partial charge is 0.399 e. The molecule has 3 aliphatic rings. The van der Waals surface area contributed by atoms with Crippen LogP contribution in [0.1, 0.15) is 29.4 Å². The third-order valence-electron chi connectivity index (χ3n) is 4.93. The number of carbonyl (C=O) groups is 1. The number of nitrogens with zero attached hydrogens (tertiary/aromatic N) is 1. The summed E-state index contributed by atoms with van der Waals surface area (Å²) in [5.74, 6) is 1.14. The van der Waals surface area contributed by atoms with Gasteiger partial charge >= 0.3 is 6.08 Å². The summed E-state index contributed by atoms with van der Waals surface area (Å²) in [4.78, 5) is 17.1. The van der Waals surface area contributed by atoms with Crippen molar-refractivity contribution in [2.75, 3.05) is 6.54 Å². The first-order valence-corrected chi connectivity index (χ1v) is 8.74. The average Bonchev–Trinajstić information content (AvgIpc) is 3.23. The maximum absolute atomic E-state index is 12.5. The molecule has 5 rings (SSSR count). The van der Waals surface area contributed by atoms with Crippen LogP contribution in [0.2, 0.25) is 0 Å². The summed E-state index contributed by atoms with van der Waals surface area (Å²) in [5, 5.41) is 7.33. The molecule has 2 unspecified atom stereocenters. The van der Waals surface area contributed by atoms with Gasteiger partial charge < -0.3 is 19.8 Å². The van der Waals surface area contributed by atoms with Gasteiger partial charge in [0.15, 0.2) is 5.06 Å². The van der Waals surface area contributed by atoms with E-state index in [0.29, 0.717) is 27.8 Å². The normalized spacial score (nSPS) is 29.4. The lowest BCUT2D eigenvalue weighted by molar-refractivity contribution is 0.0719. The molecule has 0 spiro atoms. The van der Waals surface area contributed by atoms with Crippen molar-refractivity contribution in [3.8, 4) is 11.1 Å². The molecule has 1 amide bonds. The van der Waals surface area contributed by atoms with Gasteiger partial charge in [-0.05, 0) is 43.4 Å². The molecule has 2 aromatic heterocycles. The van der Waals surface area contributed by atoms with Gasteiger partial charge in [-0.2, -0.15) is 4.98 Å². The molecule has 0 aromatic carbocycles. The Morgan fingerprint density at radius 2 is 2.39 bits per heavy atom. The van der Waals surface area contributed by atoms with Crippen LogP contribution in [-0.2, 0) is 0 Å². The van der Waals surface area contributed by atoms with Crippen LogP contribution < -0.4 is 15.4 Å². The maximum atomic E-state index is 12.5. The van der Waals surface area contributed by atoms with E-state index in [2.05, 4.69) is 22.5 Å². The van der Waals surface area contributed by atoms with Gasteiger partial charge in [0.25, 0.3) is 5.91 Å². The highest BCUT2D eigenvalue weighted by Gasteiger charge is 2.41. The van der Waals surface area contributed by atoms with Crippen molar-refractivity contribution in [2.45, 2.75) is 31.8 Å². The highest BCUT2D eigenvalue weighted by Crippen LogP contribution is 2.35. The number of amides is 1. The first-order chi connectivity index (χ1) is 11.2. The van der Waals surface area contributed by atoms with E-state index in [0.717, 1.165) is 13.0 Å². The Morgan fingerprint density at radius 1 is 1.48 bits per heavy atom. The largest absolute Gasteiger partial charge is 0.417 e. The molecular weight excluding hydrogens is 314 g/mol. The van der Waals surface area contributed by atoms with Crippen LogP contribution in [0.3, 0.4) is 0 Å². The highest BCUT2D eigenvalue weighted by molar-refractivity contribution is 7.15. The van der Waals surface area contributed by atoms with Gasteiger partial charge in [0.1, 0.15) is 6.26 Å². The van der Waals surface area contributed by atoms with E-state index in [1.165, 1.54) is 30.2 Å². The second kappa shape index (κ2) is 5.98. The standard InChI is InChI=1S/C16H19N3O3S/c1-9-10-2-3-11(18-8-10)14(9)19-15(20)12-4-5-13(23-12)22-16-17-6-7-21-16/h4-7,9-11,14,18H,2-3,8H2,1H3,(H,19,20)/t9-,10?,11?,14+/m0/s1. The summed E-state index contributed by atoms with van der Waals surface area (Å²) in [6, 6.07) is 4.13. The second-order valence-electron chi connectivity index (χ2n) is 6.23. The van der Waals surface area contributed by atoms with Gasteiger partial charge in [-0.3, -0.25) is 4.79 Å². The fourth-order valence-corrected chi connectivity index (χ4v) is 4.37. The quantitative estimate of drug-likeness (QED) is 0.899. The molecule has 1 saturated carbocycles. The molecule has 4 atom stereocenters. The van der Waals surface area contributed by atoms with E-state index < -0.39 is 0 Å². The summed E-state index contributed by atoms with van der Waals surface area (Å²) in [7, 11) is 0. The molecule has 2 aliphatic heterocycles. The maximum Gasteiger partial charge on any atom is 0.399 e. The topological polar surface area (TPSA) is 76.4 Å². The Labute approximate surface area is 138 Å². The van der Waals surface area contributed by atoms with Gasteiger partial charge in [0.2, 0.25) is 0 Å². The molecule has 2 saturated heterocycles. The number of piperidine rings is 2. The van der Waals surface area contributed by atoms with Crippen LogP contribution in [0, 0.1) is 11.8 Å². The number of hydrogen-bond donors (Lipinski definition) is 2. The predicted molar refractivity (Wildman–Crippen MR) is 85.8 cm³/mol. The van der Waals surface area contributed by atoms with Gasteiger partial charge in [-0.15, -0.1) is 0 Å². The number of oxazole rings is 1. The van der Waals surface area contributed by atoms with Gasteiger partial charge in [0, 0.05) is 12.1 Å². The SMILES string of the molecule is C[C@H]1C2CCC(NC2)[C@@H]1NC(=O)c1ccc(Oc2ncco2)s1. The lowest BCUT2D eigenvalue weighted by Crippen LogP contribution is -2.63. The zero-order valence-corrected chi connectivity index (χ0v) is 13.6. The summed E-state index contributed by atoms with van der Waals surface area (Å²) in [6.45, 7) is 3.32. The Hall–Kier alpha value is -1.86. The molecule has 4 heterocycles. The highest BCUT2D eigenvalue weighted by atomic mass is 32.1. The Balaban J connectivity index is 1.42. The molecule has 7 heteroatoms. The van der Waals surface area contributed by atoms with E-state index in [1.807, 2.05) is 0 Å². The summed E-state index contributed by atoms with van der Waals surface area (Å²) in [5.41, 5.74) is 0. The van der Waals surface area contributed by atoms with Gasteiger partial charge in [0.05, 0.1) is 11.1 Å². The number of nitrogens with one attached hydrogen (secondary N) is 2. The Bertz CT molecular complexity index is 675. The van der Waals surface area contributed by atoms with Crippen LogP contribution in [0.5, 0.6) is 11.1 Å². The van der Waals surface area contributed by atoms with Gasteiger partial charge in [-0.1, -0.05) is 18.3 Å². The lowest BCUT2D eigenvalue weighted by atomic mass is 9.70. The Kier molecular flexibility index (Phi) is 3.82. The molecule has 2 N–H and O–H groups in total. The first kappa shape index (κ1) is 14.7. The number of carbonyl (C=O) groups excluding carboxylic acids is 1. The minimum Gasteiger partial charge on any atom is -0.417 e. The van der Waals surface area contributed by atoms with Crippen molar-refractivity contribution in [1.29, 1.82) is 0 Å². The number of thiophene rings is 1. The van der Waals surface area contributed by atoms with Crippen LogP contribution in [0.15, 0.2) is 29.0 Å². The van der Waals surface area contributed by atoms with Crippen molar-refractivity contribution in [2.24, 2.45) is 11.8 Å². The number of fused-ring (bicyclic) bond motifs is 3. The lowest BCUT2D eigenvalue weighted by Gasteiger charge is -2.48. The zero-order valence-electron chi connectivity index (χ0n) is 12.8. The van der Waals surface area contributed by atoms with Crippen LogP contribution >= 0.6 is 11.3 Å². The molecule has 0 radical (unpaired) electrons. The summed E-state index contributed by atoms with van der Waals surface area (Å²) in [6.07, 6.45) is 5.55.